The summed E-state index contributed by atoms with van der Waals surface area (Å²) in [6.45, 7) is 9.63. The smallest absolute Gasteiger partial charge is 0.392 e. The van der Waals surface area contributed by atoms with Crippen molar-refractivity contribution in [3.8, 4) is 5.75 Å². The van der Waals surface area contributed by atoms with Crippen LogP contribution in [0, 0.1) is 0 Å². The summed E-state index contributed by atoms with van der Waals surface area (Å²) in [6, 6.07) is 8.43. The molecule has 0 atom stereocenters. The largest absolute Gasteiger partial charge is 0.520 e. The molecule has 0 spiro atoms. The second-order valence-electron chi connectivity index (χ2n) is 11.1. The highest BCUT2D eigenvalue weighted by molar-refractivity contribution is 6.65. The molecule has 0 amide bonds. The molecule has 0 saturated heterocycles. The van der Waals surface area contributed by atoms with Crippen molar-refractivity contribution in [3.05, 3.63) is 29.8 Å². The van der Waals surface area contributed by atoms with Crippen molar-refractivity contribution in [3.63, 3.8) is 0 Å². The Morgan fingerprint density at radius 2 is 1.00 bits per heavy atom. The predicted octanol–water partition coefficient (Wildman–Crippen LogP) is 11.2. The van der Waals surface area contributed by atoms with Gasteiger partial charge in [0.1, 0.15) is 5.75 Å². The lowest BCUT2D eigenvalue weighted by molar-refractivity contribution is 0.240. The minimum absolute atomic E-state index is 0.839. The normalized spacial score (nSPS) is 11.8. The van der Waals surface area contributed by atoms with Gasteiger partial charge in [-0.1, -0.05) is 148 Å². The van der Waals surface area contributed by atoms with Crippen LogP contribution in [0.3, 0.4) is 0 Å². The highest BCUT2D eigenvalue weighted by atomic mass is 28.4. The lowest BCUT2D eigenvalue weighted by atomic mass is 10.0. The number of hydrogen-bond donors (Lipinski definition) is 0. The monoisotopic (exact) mass is 504 g/mol. The van der Waals surface area contributed by atoms with Gasteiger partial charge in [-0.15, -0.1) is 0 Å². The number of aryl methyl sites for hydroxylation is 1. The summed E-state index contributed by atoms with van der Waals surface area (Å²) >= 11 is 0. The molecule has 0 radical (unpaired) electrons. The van der Waals surface area contributed by atoms with Crippen molar-refractivity contribution in [1.29, 1.82) is 0 Å². The maximum absolute atomic E-state index is 6.20. The van der Waals surface area contributed by atoms with Crippen LogP contribution in [0.2, 0.25) is 13.1 Å². The molecule has 204 valence electrons. The molecule has 0 aliphatic carbocycles. The Bertz CT molecular complexity index is 587. The molecule has 0 unspecified atom stereocenters. The van der Waals surface area contributed by atoms with Gasteiger partial charge < -0.3 is 8.85 Å². The molecule has 1 aromatic rings. The Kier molecular flexibility index (Phi) is 20.6. The van der Waals surface area contributed by atoms with E-state index in [9.17, 15) is 0 Å². The van der Waals surface area contributed by atoms with Crippen molar-refractivity contribution < 1.29 is 8.85 Å². The standard InChI is InChI=1S/C32H60O2Si/c1-5-7-8-9-10-11-12-13-14-15-16-17-18-19-20-21-22-23-24-25-29-33-35(3,4)34-32-28-26-27-31(6-2)30-32/h26-28,30H,5-25,29H2,1-4H3. The first-order valence-electron chi connectivity index (χ1n) is 15.5. The molecule has 1 aromatic carbocycles. The van der Waals surface area contributed by atoms with Gasteiger partial charge in [-0.05, 0) is 43.6 Å². The fraction of sp³-hybridized carbons (Fsp3) is 0.812. The third-order valence-electron chi connectivity index (χ3n) is 7.12. The van der Waals surface area contributed by atoms with E-state index in [4.69, 9.17) is 8.85 Å². The first kappa shape index (κ1) is 32.2. The van der Waals surface area contributed by atoms with E-state index in [0.717, 1.165) is 25.2 Å². The second-order valence-corrected chi connectivity index (χ2v) is 14.4. The summed E-state index contributed by atoms with van der Waals surface area (Å²) in [4.78, 5) is 0. The minimum atomic E-state index is -2.09. The summed E-state index contributed by atoms with van der Waals surface area (Å²) in [5.41, 5.74) is 1.32. The van der Waals surface area contributed by atoms with E-state index in [-0.39, 0.29) is 0 Å². The van der Waals surface area contributed by atoms with Gasteiger partial charge >= 0.3 is 8.56 Å². The summed E-state index contributed by atoms with van der Waals surface area (Å²) < 4.78 is 12.4. The predicted molar refractivity (Wildman–Crippen MR) is 158 cm³/mol. The van der Waals surface area contributed by atoms with E-state index in [1.807, 2.05) is 0 Å². The average molecular weight is 505 g/mol. The maximum Gasteiger partial charge on any atom is 0.392 e. The molecule has 0 aromatic heterocycles. The average Bonchev–Trinajstić information content (AvgIpc) is 2.84. The highest BCUT2D eigenvalue weighted by Crippen LogP contribution is 2.20. The number of rotatable bonds is 25. The van der Waals surface area contributed by atoms with Crippen LogP contribution in [0.25, 0.3) is 0 Å². The Morgan fingerprint density at radius 1 is 0.571 bits per heavy atom. The first-order chi connectivity index (χ1) is 17.1. The van der Waals surface area contributed by atoms with Gasteiger partial charge in [0.05, 0.1) is 0 Å². The summed E-state index contributed by atoms with van der Waals surface area (Å²) in [5, 5.41) is 0. The molecule has 3 heteroatoms. The van der Waals surface area contributed by atoms with Crippen molar-refractivity contribution >= 4 is 8.56 Å². The summed E-state index contributed by atoms with van der Waals surface area (Å²) in [5.74, 6) is 0.963. The SMILES string of the molecule is CCCCCCCCCCCCCCCCCCCCCCO[Si](C)(C)Oc1cccc(CC)c1. The summed E-state index contributed by atoms with van der Waals surface area (Å²) in [7, 11) is -2.09. The molecule has 0 heterocycles. The fourth-order valence-electron chi connectivity index (χ4n) is 4.82. The van der Waals surface area contributed by atoms with E-state index in [1.54, 1.807) is 0 Å². The van der Waals surface area contributed by atoms with Gasteiger partial charge in [0.2, 0.25) is 0 Å². The zero-order valence-electron chi connectivity index (χ0n) is 24.2. The topological polar surface area (TPSA) is 18.5 Å². The van der Waals surface area contributed by atoms with Crippen LogP contribution in [-0.2, 0) is 10.8 Å². The zero-order chi connectivity index (χ0) is 25.5. The van der Waals surface area contributed by atoms with E-state index in [0.29, 0.717) is 0 Å². The first-order valence-corrected chi connectivity index (χ1v) is 18.3. The molecular formula is C32H60O2Si. The summed E-state index contributed by atoms with van der Waals surface area (Å²) in [6.07, 6.45) is 29.4. The Balaban J connectivity index is 1.81. The Labute approximate surface area is 221 Å². The minimum Gasteiger partial charge on any atom is -0.520 e. The van der Waals surface area contributed by atoms with E-state index >= 15 is 0 Å². The molecule has 0 fully saturated rings. The van der Waals surface area contributed by atoms with Crippen LogP contribution < -0.4 is 4.43 Å². The van der Waals surface area contributed by atoms with Crippen LogP contribution in [0.15, 0.2) is 24.3 Å². The lowest BCUT2D eigenvalue weighted by Crippen LogP contribution is -2.38. The highest BCUT2D eigenvalue weighted by Gasteiger charge is 2.26. The van der Waals surface area contributed by atoms with E-state index in [2.05, 4.69) is 51.2 Å². The molecule has 1 rings (SSSR count). The number of hydrogen-bond acceptors (Lipinski definition) is 2. The molecule has 0 aliphatic rings. The lowest BCUT2D eigenvalue weighted by Gasteiger charge is -2.24. The van der Waals surface area contributed by atoms with E-state index in [1.165, 1.54) is 128 Å². The molecule has 35 heavy (non-hydrogen) atoms. The Morgan fingerprint density at radius 3 is 1.43 bits per heavy atom. The van der Waals surface area contributed by atoms with E-state index < -0.39 is 8.56 Å². The van der Waals surface area contributed by atoms with Crippen LogP contribution in [0.1, 0.15) is 148 Å². The molecule has 0 N–H and O–H groups in total. The fourth-order valence-corrected chi connectivity index (χ4v) is 6.21. The quantitative estimate of drug-likeness (QED) is 0.0973. The van der Waals surface area contributed by atoms with Gasteiger partial charge in [0, 0.05) is 6.61 Å². The molecule has 0 bridgehead atoms. The van der Waals surface area contributed by atoms with Gasteiger partial charge in [0.25, 0.3) is 0 Å². The third kappa shape index (κ3) is 20.0. The van der Waals surface area contributed by atoms with Gasteiger partial charge in [-0.2, -0.15) is 0 Å². The van der Waals surface area contributed by atoms with Crippen LogP contribution in [-0.4, -0.2) is 15.2 Å². The van der Waals surface area contributed by atoms with Crippen molar-refractivity contribution in [1.82, 2.24) is 0 Å². The number of unbranched alkanes of at least 4 members (excludes halogenated alkanes) is 19. The third-order valence-corrected chi connectivity index (χ3v) is 8.74. The molecular weight excluding hydrogens is 444 g/mol. The maximum atomic E-state index is 6.20. The van der Waals surface area contributed by atoms with Gasteiger partial charge in [-0.25, -0.2) is 0 Å². The second kappa shape index (κ2) is 22.4. The van der Waals surface area contributed by atoms with Crippen molar-refractivity contribution in [2.75, 3.05) is 6.61 Å². The Hall–Kier alpha value is -0.803. The van der Waals surface area contributed by atoms with Crippen molar-refractivity contribution in [2.24, 2.45) is 0 Å². The number of benzene rings is 1. The van der Waals surface area contributed by atoms with Gasteiger partial charge in [-0.3, -0.25) is 0 Å². The van der Waals surface area contributed by atoms with Crippen LogP contribution >= 0.6 is 0 Å². The molecule has 0 aliphatic heterocycles. The molecule has 0 saturated carbocycles. The van der Waals surface area contributed by atoms with Crippen LogP contribution in [0.5, 0.6) is 5.75 Å². The molecule has 2 nitrogen and oxygen atoms in total. The van der Waals surface area contributed by atoms with Gasteiger partial charge in [0.15, 0.2) is 0 Å². The van der Waals surface area contributed by atoms with Crippen LogP contribution in [0.4, 0.5) is 0 Å². The van der Waals surface area contributed by atoms with Crippen molar-refractivity contribution in [2.45, 2.75) is 162 Å². The zero-order valence-corrected chi connectivity index (χ0v) is 25.2.